The van der Waals surface area contributed by atoms with Crippen LogP contribution >= 0.6 is 0 Å². The van der Waals surface area contributed by atoms with Crippen LogP contribution in [-0.4, -0.2) is 49.0 Å². The number of nitrogens with one attached hydrogen (secondary N) is 1. The van der Waals surface area contributed by atoms with E-state index in [0.717, 1.165) is 24.5 Å². The summed E-state index contributed by atoms with van der Waals surface area (Å²) < 4.78 is 15.9. The Labute approximate surface area is 151 Å². The second-order valence-corrected chi connectivity index (χ2v) is 6.15. The largest absolute Gasteiger partial charge is 0.454 e. The van der Waals surface area contributed by atoms with Crippen molar-refractivity contribution in [3.05, 3.63) is 41.2 Å². The highest BCUT2D eigenvalue weighted by Gasteiger charge is 2.17. The first-order valence-electron chi connectivity index (χ1n) is 8.54. The number of hydrogen-bond acceptors (Lipinski definition) is 7. The lowest BCUT2D eigenvalue weighted by Gasteiger charge is -2.27. The summed E-state index contributed by atoms with van der Waals surface area (Å²) in [5, 5.41) is 2.89. The molecule has 0 bridgehead atoms. The number of nitrogens with zero attached hydrogens (tertiary/aromatic N) is 3. The zero-order valence-electron chi connectivity index (χ0n) is 14.5. The van der Waals surface area contributed by atoms with Gasteiger partial charge in [0.05, 0.1) is 25.5 Å². The number of morpholine rings is 1. The minimum absolute atomic E-state index is 0.185. The van der Waals surface area contributed by atoms with Crippen LogP contribution in [0.15, 0.2) is 24.3 Å². The first kappa shape index (κ1) is 16.6. The van der Waals surface area contributed by atoms with Crippen LogP contribution in [-0.2, 0) is 11.3 Å². The molecule has 1 fully saturated rings. The SMILES string of the molecule is Cc1cc(CNC(=O)c2ccc3c(c2)OCO3)nc(N2CCOCC2)n1. The van der Waals surface area contributed by atoms with Gasteiger partial charge in [0.25, 0.3) is 5.91 Å². The molecule has 4 rings (SSSR count). The number of amides is 1. The van der Waals surface area contributed by atoms with E-state index in [4.69, 9.17) is 14.2 Å². The average molecular weight is 356 g/mol. The van der Waals surface area contributed by atoms with Gasteiger partial charge in [-0.3, -0.25) is 4.79 Å². The van der Waals surface area contributed by atoms with Gasteiger partial charge in [-0.05, 0) is 31.2 Å². The Morgan fingerprint density at radius 1 is 1.15 bits per heavy atom. The average Bonchev–Trinajstić information content (AvgIpc) is 3.14. The lowest BCUT2D eigenvalue weighted by atomic mass is 10.2. The highest BCUT2D eigenvalue weighted by Crippen LogP contribution is 2.32. The van der Waals surface area contributed by atoms with E-state index in [1.165, 1.54) is 0 Å². The molecular formula is C18H20N4O4. The fourth-order valence-electron chi connectivity index (χ4n) is 2.92. The van der Waals surface area contributed by atoms with Gasteiger partial charge in [0.2, 0.25) is 12.7 Å². The third-order valence-corrected chi connectivity index (χ3v) is 4.25. The molecule has 8 nitrogen and oxygen atoms in total. The molecule has 1 saturated heterocycles. The Balaban J connectivity index is 1.44. The van der Waals surface area contributed by atoms with Crippen molar-refractivity contribution in [1.82, 2.24) is 15.3 Å². The van der Waals surface area contributed by atoms with E-state index in [9.17, 15) is 4.79 Å². The summed E-state index contributed by atoms with van der Waals surface area (Å²) in [6.07, 6.45) is 0. The van der Waals surface area contributed by atoms with Gasteiger partial charge in [0, 0.05) is 24.3 Å². The Hall–Kier alpha value is -2.87. The fraction of sp³-hybridized carbons (Fsp3) is 0.389. The number of carbonyl (C=O) groups is 1. The molecule has 0 spiro atoms. The van der Waals surface area contributed by atoms with Crippen molar-refractivity contribution >= 4 is 11.9 Å². The van der Waals surface area contributed by atoms with Crippen molar-refractivity contribution in [1.29, 1.82) is 0 Å². The van der Waals surface area contributed by atoms with Crippen LogP contribution in [0.4, 0.5) is 5.95 Å². The second kappa shape index (κ2) is 7.17. The van der Waals surface area contributed by atoms with E-state index in [1.54, 1.807) is 18.2 Å². The Bertz CT molecular complexity index is 821. The summed E-state index contributed by atoms with van der Waals surface area (Å²) >= 11 is 0. The third kappa shape index (κ3) is 3.55. The lowest BCUT2D eigenvalue weighted by Crippen LogP contribution is -2.37. The van der Waals surface area contributed by atoms with Crippen LogP contribution in [0, 0.1) is 6.92 Å². The number of rotatable bonds is 4. The fourth-order valence-corrected chi connectivity index (χ4v) is 2.92. The first-order chi connectivity index (χ1) is 12.7. The van der Waals surface area contributed by atoms with Gasteiger partial charge in [-0.25, -0.2) is 9.97 Å². The molecule has 1 amide bonds. The van der Waals surface area contributed by atoms with Gasteiger partial charge < -0.3 is 24.4 Å². The molecule has 8 heteroatoms. The van der Waals surface area contributed by atoms with Crippen molar-refractivity contribution in [3.63, 3.8) is 0 Å². The maximum Gasteiger partial charge on any atom is 0.251 e. The van der Waals surface area contributed by atoms with Gasteiger partial charge in [0.1, 0.15) is 0 Å². The molecule has 0 atom stereocenters. The third-order valence-electron chi connectivity index (χ3n) is 4.25. The van der Waals surface area contributed by atoms with Crippen molar-refractivity contribution in [3.8, 4) is 11.5 Å². The molecule has 1 aromatic heterocycles. The van der Waals surface area contributed by atoms with E-state index < -0.39 is 0 Å². The maximum absolute atomic E-state index is 12.4. The molecule has 1 N–H and O–H groups in total. The summed E-state index contributed by atoms with van der Waals surface area (Å²) in [7, 11) is 0. The van der Waals surface area contributed by atoms with Crippen LogP contribution in [0.1, 0.15) is 21.7 Å². The lowest BCUT2D eigenvalue weighted by molar-refractivity contribution is 0.0950. The molecule has 0 aliphatic carbocycles. The number of aromatic nitrogens is 2. The van der Waals surface area contributed by atoms with Crippen molar-refractivity contribution in [2.45, 2.75) is 13.5 Å². The smallest absolute Gasteiger partial charge is 0.251 e. The predicted molar refractivity (Wildman–Crippen MR) is 93.5 cm³/mol. The topological polar surface area (TPSA) is 85.8 Å². The Kier molecular flexibility index (Phi) is 4.57. The molecule has 2 aliphatic heterocycles. The Morgan fingerprint density at radius 2 is 1.96 bits per heavy atom. The highest BCUT2D eigenvalue weighted by atomic mass is 16.7. The van der Waals surface area contributed by atoms with Gasteiger partial charge in [-0.1, -0.05) is 0 Å². The van der Waals surface area contributed by atoms with Crippen LogP contribution in [0.2, 0.25) is 0 Å². The van der Waals surface area contributed by atoms with E-state index in [1.807, 2.05) is 13.0 Å². The van der Waals surface area contributed by atoms with E-state index >= 15 is 0 Å². The molecule has 26 heavy (non-hydrogen) atoms. The molecular weight excluding hydrogens is 336 g/mol. The standard InChI is InChI=1S/C18H20N4O4/c1-12-8-14(21-18(20-12)22-4-6-24-7-5-22)10-19-17(23)13-2-3-15-16(9-13)26-11-25-15/h2-3,8-9H,4-7,10-11H2,1H3,(H,19,23). The zero-order chi connectivity index (χ0) is 17.9. The summed E-state index contributed by atoms with van der Waals surface area (Å²) in [4.78, 5) is 23.6. The minimum Gasteiger partial charge on any atom is -0.454 e. The summed E-state index contributed by atoms with van der Waals surface area (Å²) in [6.45, 7) is 5.33. The van der Waals surface area contributed by atoms with Crippen molar-refractivity contribution < 1.29 is 19.0 Å². The van der Waals surface area contributed by atoms with Crippen LogP contribution in [0.5, 0.6) is 11.5 Å². The summed E-state index contributed by atoms with van der Waals surface area (Å²) in [5.74, 6) is 1.74. The number of ether oxygens (including phenoxy) is 3. The molecule has 2 aromatic rings. The van der Waals surface area contributed by atoms with Gasteiger partial charge in [-0.15, -0.1) is 0 Å². The van der Waals surface area contributed by atoms with Gasteiger partial charge in [-0.2, -0.15) is 0 Å². The normalized spacial score (nSPS) is 15.8. The molecule has 2 aliphatic rings. The molecule has 1 aromatic carbocycles. The van der Waals surface area contributed by atoms with Crippen molar-refractivity contribution in [2.75, 3.05) is 38.0 Å². The molecule has 3 heterocycles. The number of aryl methyl sites for hydroxylation is 1. The van der Waals surface area contributed by atoms with E-state index in [0.29, 0.717) is 42.8 Å². The number of anilines is 1. The molecule has 0 unspecified atom stereocenters. The summed E-state index contributed by atoms with van der Waals surface area (Å²) in [5.41, 5.74) is 2.16. The summed E-state index contributed by atoms with van der Waals surface area (Å²) in [6, 6.07) is 7.02. The number of fused-ring (bicyclic) bond motifs is 1. The molecule has 0 radical (unpaired) electrons. The monoisotopic (exact) mass is 356 g/mol. The second-order valence-electron chi connectivity index (χ2n) is 6.15. The number of benzene rings is 1. The molecule has 0 saturated carbocycles. The highest BCUT2D eigenvalue weighted by molar-refractivity contribution is 5.94. The number of carbonyl (C=O) groups excluding carboxylic acids is 1. The maximum atomic E-state index is 12.4. The number of hydrogen-bond donors (Lipinski definition) is 1. The van der Waals surface area contributed by atoms with E-state index in [-0.39, 0.29) is 12.7 Å². The zero-order valence-corrected chi connectivity index (χ0v) is 14.5. The van der Waals surface area contributed by atoms with Gasteiger partial charge in [0.15, 0.2) is 11.5 Å². The first-order valence-corrected chi connectivity index (χ1v) is 8.54. The predicted octanol–water partition coefficient (Wildman–Crippen LogP) is 1.28. The van der Waals surface area contributed by atoms with Crippen LogP contribution in [0.3, 0.4) is 0 Å². The van der Waals surface area contributed by atoms with Crippen LogP contribution < -0.4 is 19.7 Å². The molecule has 136 valence electrons. The van der Waals surface area contributed by atoms with Gasteiger partial charge >= 0.3 is 0 Å². The minimum atomic E-state index is -0.188. The van der Waals surface area contributed by atoms with E-state index in [2.05, 4.69) is 20.2 Å². The van der Waals surface area contributed by atoms with Crippen molar-refractivity contribution in [2.24, 2.45) is 0 Å². The quantitative estimate of drug-likeness (QED) is 0.883. The Morgan fingerprint density at radius 3 is 2.81 bits per heavy atom. The van der Waals surface area contributed by atoms with Crippen LogP contribution in [0.25, 0.3) is 0 Å².